The fraction of sp³-hybridized carbons (Fsp3) is 0.444. The number of hydrogen-bond donors (Lipinski definition) is 0. The molecule has 7 nitrogen and oxygen atoms in total. The Bertz CT molecular complexity index is 757. The summed E-state index contributed by atoms with van der Waals surface area (Å²) in [7, 11) is 0. The molecule has 0 saturated carbocycles. The summed E-state index contributed by atoms with van der Waals surface area (Å²) in [5.41, 5.74) is 1.22. The number of carbonyl (C=O) groups excluding carboxylic acids is 1. The molecular weight excluding hydrogens is 318 g/mol. The molecule has 3 heterocycles. The van der Waals surface area contributed by atoms with Gasteiger partial charge in [0.25, 0.3) is 5.91 Å². The Labute approximate surface area is 146 Å². The van der Waals surface area contributed by atoms with Crippen LogP contribution in [0.3, 0.4) is 0 Å². The van der Waals surface area contributed by atoms with Gasteiger partial charge in [-0.2, -0.15) is 5.26 Å². The van der Waals surface area contributed by atoms with Crippen LogP contribution < -0.4 is 0 Å². The first-order valence-electron chi connectivity index (χ1n) is 8.41. The molecule has 0 bridgehead atoms. The average Bonchev–Trinajstić information content (AvgIpc) is 3.13. The number of piperazine rings is 1. The van der Waals surface area contributed by atoms with Crippen LogP contribution in [0.1, 0.15) is 24.4 Å². The molecule has 1 saturated heterocycles. The minimum absolute atomic E-state index is 0.113. The SMILES string of the molecule is CC(C)[C@H](C#N)N1CCN(C(=O)c2cc(-c3ccccn3)no2)CC1. The van der Waals surface area contributed by atoms with E-state index in [2.05, 4.69) is 21.1 Å². The maximum Gasteiger partial charge on any atom is 0.292 e. The lowest BCUT2D eigenvalue weighted by Crippen LogP contribution is -2.52. The lowest BCUT2D eigenvalue weighted by atomic mass is 10.0. The van der Waals surface area contributed by atoms with Crippen LogP contribution in [0.5, 0.6) is 0 Å². The van der Waals surface area contributed by atoms with Gasteiger partial charge in [0.2, 0.25) is 5.76 Å². The second-order valence-corrected chi connectivity index (χ2v) is 6.44. The van der Waals surface area contributed by atoms with Crippen LogP contribution in [0.4, 0.5) is 0 Å². The van der Waals surface area contributed by atoms with Crippen LogP contribution in [-0.4, -0.2) is 58.1 Å². The third-order valence-corrected chi connectivity index (χ3v) is 4.41. The van der Waals surface area contributed by atoms with E-state index in [-0.39, 0.29) is 23.6 Å². The van der Waals surface area contributed by atoms with Crippen molar-refractivity contribution < 1.29 is 9.32 Å². The van der Waals surface area contributed by atoms with Gasteiger partial charge in [-0.1, -0.05) is 25.1 Å². The quantitative estimate of drug-likeness (QED) is 0.847. The van der Waals surface area contributed by atoms with Gasteiger partial charge in [-0.15, -0.1) is 0 Å². The Kier molecular flexibility index (Phi) is 5.10. The van der Waals surface area contributed by atoms with E-state index in [4.69, 9.17) is 4.52 Å². The molecular formula is C18H21N5O2. The minimum atomic E-state index is -0.174. The Balaban J connectivity index is 1.64. The molecule has 1 amide bonds. The number of rotatable bonds is 4. The van der Waals surface area contributed by atoms with Crippen LogP contribution in [0.15, 0.2) is 35.0 Å². The van der Waals surface area contributed by atoms with Gasteiger partial charge >= 0.3 is 0 Å². The number of hydrogen-bond acceptors (Lipinski definition) is 6. The molecule has 1 aliphatic heterocycles. The first-order chi connectivity index (χ1) is 12.1. The molecule has 0 N–H and O–H groups in total. The Hall–Kier alpha value is -2.72. The summed E-state index contributed by atoms with van der Waals surface area (Å²) in [5, 5.41) is 13.3. The topological polar surface area (TPSA) is 86.3 Å². The zero-order valence-corrected chi connectivity index (χ0v) is 14.4. The summed E-state index contributed by atoms with van der Waals surface area (Å²) in [4.78, 5) is 20.7. The van der Waals surface area contributed by atoms with Gasteiger partial charge in [0.15, 0.2) is 0 Å². The first-order valence-corrected chi connectivity index (χ1v) is 8.41. The average molecular weight is 339 g/mol. The summed E-state index contributed by atoms with van der Waals surface area (Å²) in [6.07, 6.45) is 1.67. The van der Waals surface area contributed by atoms with E-state index in [1.807, 2.05) is 32.0 Å². The molecule has 25 heavy (non-hydrogen) atoms. The minimum Gasteiger partial charge on any atom is -0.350 e. The molecule has 7 heteroatoms. The highest BCUT2D eigenvalue weighted by Crippen LogP contribution is 2.19. The van der Waals surface area contributed by atoms with Crippen molar-refractivity contribution in [3.63, 3.8) is 0 Å². The predicted octanol–water partition coefficient (Wildman–Crippen LogP) is 2.04. The van der Waals surface area contributed by atoms with Crippen molar-refractivity contribution in [1.82, 2.24) is 19.9 Å². The summed E-state index contributed by atoms with van der Waals surface area (Å²) in [5.74, 6) is 0.310. The van der Waals surface area contributed by atoms with Crippen LogP contribution in [-0.2, 0) is 0 Å². The Morgan fingerprint density at radius 2 is 2.00 bits per heavy atom. The second kappa shape index (κ2) is 7.45. The van der Waals surface area contributed by atoms with E-state index in [1.165, 1.54) is 0 Å². The van der Waals surface area contributed by atoms with E-state index in [0.29, 0.717) is 37.6 Å². The molecule has 0 radical (unpaired) electrons. The summed E-state index contributed by atoms with van der Waals surface area (Å²) in [6.45, 7) is 6.59. The maximum absolute atomic E-state index is 12.6. The largest absolute Gasteiger partial charge is 0.350 e. The van der Waals surface area contributed by atoms with Gasteiger partial charge in [-0.25, -0.2) is 0 Å². The summed E-state index contributed by atoms with van der Waals surface area (Å²) >= 11 is 0. The van der Waals surface area contributed by atoms with Crippen molar-refractivity contribution in [1.29, 1.82) is 5.26 Å². The van der Waals surface area contributed by atoms with Gasteiger partial charge in [-0.3, -0.25) is 14.7 Å². The van der Waals surface area contributed by atoms with Crippen molar-refractivity contribution in [2.75, 3.05) is 26.2 Å². The van der Waals surface area contributed by atoms with Crippen molar-refractivity contribution in [2.45, 2.75) is 19.9 Å². The fourth-order valence-corrected chi connectivity index (χ4v) is 3.02. The Morgan fingerprint density at radius 3 is 2.60 bits per heavy atom. The van der Waals surface area contributed by atoms with Gasteiger partial charge in [-0.05, 0) is 18.1 Å². The number of pyridine rings is 1. The standard InChI is InChI=1S/C18H21N5O2/c1-13(2)16(12-19)22-7-9-23(10-8-22)18(24)17-11-15(21-25-17)14-5-3-4-6-20-14/h3-6,11,13,16H,7-10H2,1-2H3/t16-/m0/s1. The van der Waals surface area contributed by atoms with E-state index >= 15 is 0 Å². The monoisotopic (exact) mass is 339 g/mol. The highest BCUT2D eigenvalue weighted by atomic mass is 16.5. The molecule has 2 aromatic rings. The van der Waals surface area contributed by atoms with Crippen LogP contribution in [0, 0.1) is 17.2 Å². The van der Waals surface area contributed by atoms with Crippen molar-refractivity contribution in [3.05, 3.63) is 36.2 Å². The zero-order valence-electron chi connectivity index (χ0n) is 14.4. The Morgan fingerprint density at radius 1 is 1.24 bits per heavy atom. The predicted molar refractivity (Wildman–Crippen MR) is 91.4 cm³/mol. The van der Waals surface area contributed by atoms with E-state index in [0.717, 1.165) is 0 Å². The highest BCUT2D eigenvalue weighted by Gasteiger charge is 2.29. The molecule has 0 spiro atoms. The maximum atomic E-state index is 12.6. The van der Waals surface area contributed by atoms with Crippen LogP contribution in [0.2, 0.25) is 0 Å². The normalized spacial score (nSPS) is 16.6. The number of amides is 1. The van der Waals surface area contributed by atoms with E-state index in [9.17, 15) is 10.1 Å². The van der Waals surface area contributed by atoms with Crippen LogP contribution >= 0.6 is 0 Å². The lowest BCUT2D eigenvalue weighted by Gasteiger charge is -2.37. The first kappa shape index (κ1) is 17.1. The van der Waals surface area contributed by atoms with Crippen molar-refractivity contribution in [2.24, 2.45) is 5.92 Å². The summed E-state index contributed by atoms with van der Waals surface area (Å²) < 4.78 is 5.22. The molecule has 1 atom stereocenters. The second-order valence-electron chi connectivity index (χ2n) is 6.44. The molecule has 130 valence electrons. The fourth-order valence-electron chi connectivity index (χ4n) is 3.02. The molecule has 2 aromatic heterocycles. The van der Waals surface area contributed by atoms with Gasteiger partial charge in [0.1, 0.15) is 11.7 Å². The number of nitriles is 1. The van der Waals surface area contributed by atoms with Gasteiger partial charge < -0.3 is 9.42 Å². The van der Waals surface area contributed by atoms with E-state index in [1.54, 1.807) is 17.2 Å². The molecule has 0 aliphatic carbocycles. The molecule has 1 aliphatic rings. The zero-order chi connectivity index (χ0) is 17.8. The molecule has 0 aromatic carbocycles. The van der Waals surface area contributed by atoms with Gasteiger partial charge in [0.05, 0.1) is 11.8 Å². The van der Waals surface area contributed by atoms with Crippen molar-refractivity contribution >= 4 is 5.91 Å². The molecule has 1 fully saturated rings. The molecule has 0 unspecified atom stereocenters. The van der Waals surface area contributed by atoms with Crippen LogP contribution in [0.25, 0.3) is 11.4 Å². The highest BCUT2D eigenvalue weighted by molar-refractivity contribution is 5.92. The number of carbonyl (C=O) groups is 1. The number of aromatic nitrogens is 2. The lowest BCUT2D eigenvalue weighted by molar-refractivity contribution is 0.0540. The number of nitrogens with zero attached hydrogens (tertiary/aromatic N) is 5. The molecule has 3 rings (SSSR count). The van der Waals surface area contributed by atoms with E-state index < -0.39 is 0 Å². The third-order valence-electron chi connectivity index (χ3n) is 4.41. The van der Waals surface area contributed by atoms with Crippen molar-refractivity contribution in [3.8, 4) is 17.5 Å². The smallest absolute Gasteiger partial charge is 0.292 e. The third kappa shape index (κ3) is 3.69. The summed E-state index contributed by atoms with van der Waals surface area (Å²) in [6, 6.07) is 9.37. The van der Waals surface area contributed by atoms with Gasteiger partial charge in [0, 0.05) is 38.4 Å².